The van der Waals surface area contributed by atoms with Crippen molar-refractivity contribution < 1.29 is 4.74 Å². The van der Waals surface area contributed by atoms with Crippen molar-refractivity contribution in [2.45, 2.75) is 77.0 Å². The topological polar surface area (TPSA) is 58.5 Å². The monoisotopic (exact) mass is 330 g/mol. The molecule has 0 spiro atoms. The highest BCUT2D eigenvalue weighted by atomic mass is 16.5. The third kappa shape index (κ3) is 4.86. The molecule has 3 rings (SSSR count). The Morgan fingerprint density at radius 3 is 2.71 bits per heavy atom. The van der Waals surface area contributed by atoms with Gasteiger partial charge in [0.1, 0.15) is 6.10 Å². The zero-order valence-corrected chi connectivity index (χ0v) is 14.8. The number of hydrogen-bond acceptors (Lipinski definition) is 3. The molecule has 1 aromatic rings. The van der Waals surface area contributed by atoms with Crippen molar-refractivity contribution in [2.75, 3.05) is 6.54 Å². The summed E-state index contributed by atoms with van der Waals surface area (Å²) < 4.78 is 6.11. The Hall–Kier alpha value is -1.78. The number of nitrogens with one attached hydrogen (secondary N) is 2. The fourth-order valence-electron chi connectivity index (χ4n) is 3.56. The van der Waals surface area contributed by atoms with E-state index in [0.29, 0.717) is 18.7 Å². The fraction of sp³-hybridized carbons (Fsp3) is 0.684. The second-order valence-electron chi connectivity index (χ2n) is 6.81. The minimum Gasteiger partial charge on any atom is -0.474 e. The van der Waals surface area contributed by atoms with Crippen LogP contribution in [0.25, 0.3) is 0 Å². The number of aromatic nitrogens is 1. The Morgan fingerprint density at radius 1 is 1.21 bits per heavy atom. The van der Waals surface area contributed by atoms with E-state index in [1.165, 1.54) is 38.5 Å². The Labute approximate surface area is 145 Å². The Kier molecular flexibility index (Phi) is 6.33. The number of rotatable bonds is 6. The van der Waals surface area contributed by atoms with Gasteiger partial charge in [-0.15, -0.1) is 0 Å². The second kappa shape index (κ2) is 8.90. The van der Waals surface area contributed by atoms with Gasteiger partial charge >= 0.3 is 0 Å². The van der Waals surface area contributed by atoms with Gasteiger partial charge in [-0.1, -0.05) is 18.9 Å². The van der Waals surface area contributed by atoms with E-state index < -0.39 is 0 Å². The van der Waals surface area contributed by atoms with Gasteiger partial charge < -0.3 is 15.4 Å². The van der Waals surface area contributed by atoms with Crippen molar-refractivity contribution >= 4 is 5.96 Å². The molecule has 0 unspecified atom stereocenters. The lowest BCUT2D eigenvalue weighted by Crippen LogP contribution is -2.42. The molecule has 2 saturated carbocycles. The molecular weight excluding hydrogens is 300 g/mol. The van der Waals surface area contributed by atoms with Crippen LogP contribution in [-0.2, 0) is 6.54 Å². The van der Waals surface area contributed by atoms with E-state index in [2.05, 4.69) is 28.6 Å². The molecule has 2 aliphatic rings. The van der Waals surface area contributed by atoms with Crippen LogP contribution in [0.1, 0.15) is 63.9 Å². The van der Waals surface area contributed by atoms with Crippen molar-refractivity contribution in [3.63, 3.8) is 0 Å². The van der Waals surface area contributed by atoms with Gasteiger partial charge in [0.05, 0.1) is 6.54 Å². The summed E-state index contributed by atoms with van der Waals surface area (Å²) in [6.45, 7) is 3.57. The molecule has 0 aliphatic heterocycles. The average Bonchev–Trinajstić information content (AvgIpc) is 3.28. The summed E-state index contributed by atoms with van der Waals surface area (Å²) in [4.78, 5) is 9.19. The third-order valence-electron chi connectivity index (χ3n) is 4.88. The van der Waals surface area contributed by atoms with Gasteiger partial charge in [0.2, 0.25) is 5.88 Å². The first-order valence-corrected chi connectivity index (χ1v) is 9.50. The van der Waals surface area contributed by atoms with Crippen molar-refractivity contribution in [1.82, 2.24) is 15.6 Å². The van der Waals surface area contributed by atoms with Gasteiger partial charge in [-0.2, -0.15) is 0 Å². The fourth-order valence-corrected chi connectivity index (χ4v) is 3.56. The highest BCUT2D eigenvalue weighted by Crippen LogP contribution is 2.25. The van der Waals surface area contributed by atoms with E-state index >= 15 is 0 Å². The van der Waals surface area contributed by atoms with E-state index in [-0.39, 0.29) is 0 Å². The molecule has 24 heavy (non-hydrogen) atoms. The zero-order valence-electron chi connectivity index (χ0n) is 14.8. The number of pyridine rings is 1. The maximum absolute atomic E-state index is 6.11. The zero-order chi connectivity index (χ0) is 16.6. The highest BCUT2D eigenvalue weighted by Gasteiger charge is 2.19. The molecular formula is C19H30N4O. The summed E-state index contributed by atoms with van der Waals surface area (Å²) in [6.07, 6.45) is 12.1. The Balaban J connectivity index is 1.63. The average molecular weight is 330 g/mol. The van der Waals surface area contributed by atoms with Gasteiger partial charge in [-0.05, 0) is 51.5 Å². The maximum Gasteiger partial charge on any atom is 0.218 e. The first kappa shape index (κ1) is 17.1. The quantitative estimate of drug-likeness (QED) is 0.620. The molecule has 2 aliphatic carbocycles. The summed E-state index contributed by atoms with van der Waals surface area (Å²) in [7, 11) is 0. The van der Waals surface area contributed by atoms with Crippen LogP contribution >= 0.6 is 0 Å². The van der Waals surface area contributed by atoms with E-state index in [0.717, 1.165) is 36.8 Å². The number of guanidine groups is 1. The summed E-state index contributed by atoms with van der Waals surface area (Å²) in [5.74, 6) is 1.66. The molecule has 0 atom stereocenters. The number of aliphatic imine (C=N–C) groups is 1. The van der Waals surface area contributed by atoms with Crippen LogP contribution in [0.2, 0.25) is 0 Å². The summed E-state index contributed by atoms with van der Waals surface area (Å²) in [5.41, 5.74) is 1.06. The molecule has 0 radical (unpaired) electrons. The molecule has 5 nitrogen and oxygen atoms in total. The third-order valence-corrected chi connectivity index (χ3v) is 4.88. The lowest BCUT2D eigenvalue weighted by molar-refractivity contribution is 0.199. The molecule has 132 valence electrons. The standard InChI is InChI=1S/C19H30N4O/c1-2-20-19(23-16-9-3-4-10-16)22-14-15-8-7-13-21-18(15)24-17-11-5-6-12-17/h7-8,13,16-17H,2-6,9-12,14H2,1H3,(H2,20,22,23). The highest BCUT2D eigenvalue weighted by molar-refractivity contribution is 5.80. The normalized spacial score (nSPS) is 19.6. The van der Waals surface area contributed by atoms with Crippen molar-refractivity contribution in [3.05, 3.63) is 23.9 Å². The van der Waals surface area contributed by atoms with Crippen LogP contribution in [0, 0.1) is 0 Å². The van der Waals surface area contributed by atoms with Gasteiger partial charge in [0, 0.05) is 24.3 Å². The number of nitrogens with zero attached hydrogens (tertiary/aromatic N) is 2. The van der Waals surface area contributed by atoms with Gasteiger partial charge in [0.15, 0.2) is 5.96 Å². The minimum absolute atomic E-state index is 0.326. The Morgan fingerprint density at radius 2 is 1.96 bits per heavy atom. The van der Waals surface area contributed by atoms with E-state index in [4.69, 9.17) is 9.73 Å². The predicted molar refractivity (Wildman–Crippen MR) is 97.3 cm³/mol. The van der Waals surface area contributed by atoms with E-state index in [9.17, 15) is 0 Å². The van der Waals surface area contributed by atoms with Crippen LogP contribution in [-0.4, -0.2) is 29.6 Å². The molecule has 0 aromatic carbocycles. The van der Waals surface area contributed by atoms with Gasteiger partial charge in [-0.25, -0.2) is 9.98 Å². The van der Waals surface area contributed by atoms with Crippen LogP contribution in [0.3, 0.4) is 0 Å². The van der Waals surface area contributed by atoms with Crippen LogP contribution in [0.15, 0.2) is 23.3 Å². The predicted octanol–water partition coefficient (Wildman–Crippen LogP) is 3.40. The lowest BCUT2D eigenvalue weighted by atomic mass is 10.2. The molecule has 5 heteroatoms. The molecule has 2 N–H and O–H groups in total. The smallest absolute Gasteiger partial charge is 0.218 e. The molecule has 0 amide bonds. The first-order chi connectivity index (χ1) is 11.8. The molecule has 2 fully saturated rings. The molecule has 0 saturated heterocycles. The van der Waals surface area contributed by atoms with E-state index in [1.54, 1.807) is 6.20 Å². The van der Waals surface area contributed by atoms with Crippen LogP contribution < -0.4 is 15.4 Å². The van der Waals surface area contributed by atoms with E-state index in [1.807, 2.05) is 6.07 Å². The molecule has 1 aromatic heterocycles. The Bertz CT molecular complexity index is 534. The minimum atomic E-state index is 0.326. The first-order valence-electron chi connectivity index (χ1n) is 9.50. The number of hydrogen-bond donors (Lipinski definition) is 2. The van der Waals surface area contributed by atoms with Crippen molar-refractivity contribution in [2.24, 2.45) is 4.99 Å². The number of ether oxygens (including phenoxy) is 1. The van der Waals surface area contributed by atoms with Gasteiger partial charge in [-0.3, -0.25) is 0 Å². The largest absolute Gasteiger partial charge is 0.474 e. The summed E-state index contributed by atoms with van der Waals surface area (Å²) in [6, 6.07) is 4.59. The van der Waals surface area contributed by atoms with Crippen LogP contribution in [0.5, 0.6) is 5.88 Å². The summed E-state index contributed by atoms with van der Waals surface area (Å²) >= 11 is 0. The lowest BCUT2D eigenvalue weighted by Gasteiger charge is -2.17. The molecule has 0 bridgehead atoms. The van der Waals surface area contributed by atoms with Crippen molar-refractivity contribution in [1.29, 1.82) is 0 Å². The summed E-state index contributed by atoms with van der Waals surface area (Å²) in [5, 5.41) is 6.91. The van der Waals surface area contributed by atoms with Crippen LogP contribution in [0.4, 0.5) is 0 Å². The molecule has 1 heterocycles. The maximum atomic E-state index is 6.11. The SMILES string of the molecule is CCNC(=NCc1cccnc1OC1CCCC1)NC1CCCC1. The van der Waals surface area contributed by atoms with Gasteiger partial charge in [0.25, 0.3) is 0 Å². The second-order valence-corrected chi connectivity index (χ2v) is 6.81. The van der Waals surface area contributed by atoms with Crippen molar-refractivity contribution in [3.8, 4) is 5.88 Å².